The largest absolute Gasteiger partial charge is 0.459 e. The molecule has 26 heavy (non-hydrogen) atoms. The van der Waals surface area contributed by atoms with Crippen molar-refractivity contribution < 1.29 is 13.6 Å². The van der Waals surface area contributed by atoms with E-state index >= 15 is 0 Å². The molecule has 1 unspecified atom stereocenters. The lowest BCUT2D eigenvalue weighted by molar-refractivity contribution is 0.0942. The van der Waals surface area contributed by atoms with E-state index in [9.17, 15) is 9.18 Å². The van der Waals surface area contributed by atoms with E-state index in [0.29, 0.717) is 17.0 Å². The zero-order valence-electron chi connectivity index (χ0n) is 14.6. The number of hydrogen-bond acceptors (Lipinski definition) is 4. The first-order valence-corrected chi connectivity index (χ1v) is 8.83. The Morgan fingerprint density at radius 1 is 1.46 bits per heavy atom. The van der Waals surface area contributed by atoms with Crippen molar-refractivity contribution in [3.8, 4) is 0 Å². The van der Waals surface area contributed by atoms with Crippen molar-refractivity contribution in [3.63, 3.8) is 0 Å². The van der Waals surface area contributed by atoms with Crippen LogP contribution in [0.3, 0.4) is 0 Å². The van der Waals surface area contributed by atoms with Crippen molar-refractivity contribution in [3.05, 3.63) is 53.3 Å². The summed E-state index contributed by atoms with van der Waals surface area (Å²) in [5.41, 5.74) is 1.83. The zero-order valence-corrected chi connectivity index (χ0v) is 14.6. The Labute approximate surface area is 150 Å². The summed E-state index contributed by atoms with van der Waals surface area (Å²) >= 11 is 0. The fourth-order valence-electron chi connectivity index (χ4n) is 3.39. The van der Waals surface area contributed by atoms with Gasteiger partial charge in [0.15, 0.2) is 0 Å². The monoisotopic (exact) mass is 356 g/mol. The van der Waals surface area contributed by atoms with Gasteiger partial charge in [-0.05, 0) is 50.6 Å². The molecule has 2 aromatic heterocycles. The Kier molecular flexibility index (Phi) is 4.46. The van der Waals surface area contributed by atoms with Crippen LogP contribution in [0, 0.1) is 12.7 Å². The summed E-state index contributed by atoms with van der Waals surface area (Å²) < 4.78 is 21.0. The number of halogens is 1. The van der Waals surface area contributed by atoms with Gasteiger partial charge in [-0.15, -0.1) is 0 Å². The highest BCUT2D eigenvalue weighted by Crippen LogP contribution is 2.26. The lowest BCUT2D eigenvalue weighted by Crippen LogP contribution is -2.32. The highest BCUT2D eigenvalue weighted by molar-refractivity contribution is 5.92. The van der Waals surface area contributed by atoms with Crippen molar-refractivity contribution in [1.82, 2.24) is 20.4 Å². The summed E-state index contributed by atoms with van der Waals surface area (Å²) in [5, 5.41) is 11.3. The summed E-state index contributed by atoms with van der Waals surface area (Å²) in [5.74, 6) is 0.0631. The minimum Gasteiger partial charge on any atom is -0.459 e. The summed E-state index contributed by atoms with van der Waals surface area (Å²) in [6.45, 7) is 4.00. The van der Waals surface area contributed by atoms with Gasteiger partial charge in [-0.1, -0.05) is 0 Å². The van der Waals surface area contributed by atoms with Gasteiger partial charge < -0.3 is 15.1 Å². The fourth-order valence-corrected chi connectivity index (χ4v) is 3.39. The fraction of sp³-hybridized carbons (Fsp3) is 0.368. The number of aryl methyl sites for hydroxylation is 1. The number of aromatic nitrogens is 2. The van der Waals surface area contributed by atoms with E-state index in [1.165, 1.54) is 12.1 Å². The highest BCUT2D eigenvalue weighted by atomic mass is 19.1. The van der Waals surface area contributed by atoms with Crippen LogP contribution in [0.5, 0.6) is 0 Å². The van der Waals surface area contributed by atoms with Crippen LogP contribution in [0.15, 0.2) is 34.9 Å². The maximum absolute atomic E-state index is 13.4. The molecule has 1 fully saturated rings. The van der Waals surface area contributed by atoms with E-state index < -0.39 is 0 Å². The Bertz CT molecular complexity index is 940. The summed E-state index contributed by atoms with van der Waals surface area (Å²) in [4.78, 5) is 12.4. The van der Waals surface area contributed by atoms with Gasteiger partial charge in [0.1, 0.15) is 22.9 Å². The van der Waals surface area contributed by atoms with Crippen molar-refractivity contribution in [2.75, 3.05) is 13.1 Å². The number of fused-ring (bicyclic) bond motifs is 1. The topological polar surface area (TPSA) is 72.1 Å². The first-order valence-electron chi connectivity index (χ1n) is 8.83. The van der Waals surface area contributed by atoms with E-state index in [-0.39, 0.29) is 24.3 Å². The second-order valence-corrected chi connectivity index (χ2v) is 6.65. The van der Waals surface area contributed by atoms with Crippen LogP contribution in [0.1, 0.15) is 40.7 Å². The number of piperidine rings is 1. The third kappa shape index (κ3) is 3.22. The van der Waals surface area contributed by atoms with Crippen LogP contribution >= 0.6 is 0 Å². The number of hydrogen-bond donors (Lipinski definition) is 2. The number of rotatable bonds is 4. The van der Waals surface area contributed by atoms with Gasteiger partial charge in [0.25, 0.3) is 5.91 Å². The summed E-state index contributed by atoms with van der Waals surface area (Å²) in [7, 11) is 0. The smallest absolute Gasteiger partial charge is 0.272 e. The molecule has 3 aromatic rings. The molecule has 7 heteroatoms. The average molecular weight is 356 g/mol. The third-order valence-corrected chi connectivity index (χ3v) is 4.89. The normalized spacial score (nSPS) is 17.5. The molecule has 0 spiro atoms. The molecule has 136 valence electrons. The number of nitrogens with one attached hydrogen (secondary N) is 2. The summed E-state index contributed by atoms with van der Waals surface area (Å²) in [6, 6.07) is 6.42. The standard InChI is InChI=1S/C19H21FN4O2/c1-12-15-9-13(20)4-5-17(15)26-18(12)11-22-19(25)16-6-8-24(23-16)14-3-2-7-21-10-14/h4-6,8-9,14,21H,2-3,7,10-11H2,1H3,(H,22,25). The second-order valence-electron chi connectivity index (χ2n) is 6.65. The number of nitrogens with zero attached hydrogens (tertiary/aromatic N) is 2. The van der Waals surface area contributed by atoms with Crippen LogP contribution in [0.2, 0.25) is 0 Å². The number of furan rings is 1. The second kappa shape index (κ2) is 6.92. The molecule has 1 atom stereocenters. The van der Waals surface area contributed by atoms with E-state index in [0.717, 1.165) is 36.9 Å². The predicted octanol–water partition coefficient (Wildman–Crippen LogP) is 2.93. The first kappa shape index (κ1) is 16.8. The van der Waals surface area contributed by atoms with Crippen molar-refractivity contribution >= 4 is 16.9 Å². The molecule has 0 radical (unpaired) electrons. The molecular weight excluding hydrogens is 335 g/mol. The molecule has 0 bridgehead atoms. The Balaban J connectivity index is 1.44. The molecular formula is C19H21FN4O2. The van der Waals surface area contributed by atoms with Crippen molar-refractivity contribution in [1.29, 1.82) is 0 Å². The molecule has 2 N–H and O–H groups in total. The van der Waals surface area contributed by atoms with E-state index in [1.54, 1.807) is 12.1 Å². The van der Waals surface area contributed by atoms with Gasteiger partial charge in [0.05, 0.1) is 12.6 Å². The third-order valence-electron chi connectivity index (χ3n) is 4.89. The number of benzene rings is 1. The van der Waals surface area contributed by atoms with Crippen LogP contribution in [0.25, 0.3) is 11.0 Å². The summed E-state index contributed by atoms with van der Waals surface area (Å²) in [6.07, 6.45) is 4.02. The van der Waals surface area contributed by atoms with Crippen LogP contribution in [-0.2, 0) is 6.54 Å². The molecule has 1 aliphatic heterocycles. The molecule has 3 heterocycles. The van der Waals surface area contributed by atoms with Crippen LogP contribution in [-0.4, -0.2) is 28.8 Å². The number of carbonyl (C=O) groups is 1. The average Bonchev–Trinajstić information content (AvgIpc) is 3.27. The minimum atomic E-state index is -0.306. The lowest BCUT2D eigenvalue weighted by atomic mass is 10.1. The molecule has 4 rings (SSSR count). The molecule has 1 saturated heterocycles. The molecule has 1 amide bonds. The molecule has 6 nitrogen and oxygen atoms in total. The van der Waals surface area contributed by atoms with Gasteiger partial charge in [-0.3, -0.25) is 9.48 Å². The number of carbonyl (C=O) groups excluding carboxylic acids is 1. The first-order chi connectivity index (χ1) is 12.6. The Hall–Kier alpha value is -2.67. The van der Waals surface area contributed by atoms with Crippen molar-refractivity contribution in [2.24, 2.45) is 0 Å². The molecule has 1 aromatic carbocycles. The van der Waals surface area contributed by atoms with Gasteiger partial charge in [-0.25, -0.2) is 4.39 Å². The molecule has 0 aliphatic carbocycles. The van der Waals surface area contributed by atoms with Crippen LogP contribution < -0.4 is 10.6 Å². The lowest BCUT2D eigenvalue weighted by Gasteiger charge is -2.22. The van der Waals surface area contributed by atoms with E-state index in [1.807, 2.05) is 17.8 Å². The van der Waals surface area contributed by atoms with Crippen molar-refractivity contribution in [2.45, 2.75) is 32.4 Å². The zero-order chi connectivity index (χ0) is 18.1. The maximum atomic E-state index is 13.4. The van der Waals surface area contributed by atoms with Gasteiger partial charge in [-0.2, -0.15) is 5.10 Å². The van der Waals surface area contributed by atoms with Gasteiger partial charge in [0, 0.05) is 23.7 Å². The van der Waals surface area contributed by atoms with Gasteiger partial charge in [0.2, 0.25) is 0 Å². The SMILES string of the molecule is Cc1c(CNC(=O)c2ccn(C3CCCNC3)n2)oc2ccc(F)cc12. The Morgan fingerprint density at radius 3 is 3.15 bits per heavy atom. The van der Waals surface area contributed by atoms with Crippen LogP contribution in [0.4, 0.5) is 4.39 Å². The van der Waals surface area contributed by atoms with E-state index in [4.69, 9.17) is 4.42 Å². The highest BCUT2D eigenvalue weighted by Gasteiger charge is 2.18. The predicted molar refractivity (Wildman–Crippen MR) is 95.4 cm³/mol. The Morgan fingerprint density at radius 2 is 2.35 bits per heavy atom. The quantitative estimate of drug-likeness (QED) is 0.754. The maximum Gasteiger partial charge on any atom is 0.272 e. The minimum absolute atomic E-state index is 0.235. The van der Waals surface area contributed by atoms with E-state index in [2.05, 4.69) is 15.7 Å². The molecule has 0 saturated carbocycles. The van der Waals surface area contributed by atoms with Gasteiger partial charge >= 0.3 is 0 Å². The number of amides is 1. The molecule has 1 aliphatic rings.